The molecular formula is C23H15FN4O6S. The summed E-state index contributed by atoms with van der Waals surface area (Å²) in [6.07, 6.45) is 1.46. The third-order valence-corrected chi connectivity index (χ3v) is 5.82. The minimum atomic E-state index is -0.747. The van der Waals surface area contributed by atoms with Gasteiger partial charge in [0.25, 0.3) is 11.5 Å². The molecular weight excluding hydrogens is 479 g/mol. The molecule has 1 aromatic carbocycles. The van der Waals surface area contributed by atoms with E-state index in [0.29, 0.717) is 5.76 Å². The number of rotatable bonds is 6. The van der Waals surface area contributed by atoms with Gasteiger partial charge in [0.05, 0.1) is 23.9 Å². The average Bonchev–Trinajstić information content (AvgIpc) is 3.61. The maximum Gasteiger partial charge on any atom is 0.359 e. The van der Waals surface area contributed by atoms with Crippen LogP contribution in [-0.2, 0) is 4.74 Å². The topological polar surface area (TPSA) is 129 Å². The first-order valence-corrected chi connectivity index (χ1v) is 11.1. The molecule has 12 heteroatoms. The van der Waals surface area contributed by atoms with Crippen molar-refractivity contribution < 1.29 is 27.7 Å². The van der Waals surface area contributed by atoms with Gasteiger partial charge in [-0.1, -0.05) is 5.16 Å². The Kier molecular flexibility index (Phi) is 5.71. The van der Waals surface area contributed by atoms with Gasteiger partial charge in [0.2, 0.25) is 5.76 Å². The summed E-state index contributed by atoms with van der Waals surface area (Å²) in [5.74, 6) is -1.24. The minimum Gasteiger partial charge on any atom is -0.461 e. The number of nitrogens with one attached hydrogen (secondary N) is 1. The van der Waals surface area contributed by atoms with E-state index >= 15 is 0 Å². The largest absolute Gasteiger partial charge is 0.461 e. The lowest BCUT2D eigenvalue weighted by molar-refractivity contribution is 0.0520. The summed E-state index contributed by atoms with van der Waals surface area (Å²) < 4.78 is 29.9. The molecule has 0 atom stereocenters. The van der Waals surface area contributed by atoms with Crippen molar-refractivity contribution in [3.8, 4) is 17.2 Å². The zero-order valence-electron chi connectivity index (χ0n) is 18.0. The smallest absolute Gasteiger partial charge is 0.359 e. The number of esters is 1. The summed E-state index contributed by atoms with van der Waals surface area (Å²) in [5, 5.41) is 12.5. The lowest BCUT2D eigenvalue weighted by Crippen LogP contribution is -2.25. The van der Waals surface area contributed by atoms with Crippen LogP contribution in [0.15, 0.2) is 67.8 Å². The lowest BCUT2D eigenvalue weighted by Gasteiger charge is -2.09. The maximum absolute atomic E-state index is 13.4. The Labute approximate surface area is 199 Å². The molecule has 4 heterocycles. The van der Waals surface area contributed by atoms with E-state index in [4.69, 9.17) is 13.7 Å². The van der Waals surface area contributed by atoms with Crippen LogP contribution in [0, 0.1) is 5.82 Å². The number of aromatic nitrogens is 3. The summed E-state index contributed by atoms with van der Waals surface area (Å²) in [6, 6.07) is 9.73. The number of carbonyl (C=O) groups excluding carboxylic acids is 2. The second-order valence-corrected chi connectivity index (χ2v) is 8.00. The number of thiophene rings is 1. The van der Waals surface area contributed by atoms with E-state index in [1.54, 1.807) is 19.1 Å². The normalized spacial score (nSPS) is 11.0. The molecule has 0 aliphatic carbocycles. The van der Waals surface area contributed by atoms with Crippen molar-refractivity contribution >= 4 is 39.0 Å². The Morgan fingerprint density at radius 3 is 2.71 bits per heavy atom. The molecule has 4 aromatic heterocycles. The molecule has 0 aliphatic heterocycles. The number of hydrogen-bond donors (Lipinski definition) is 1. The Bertz CT molecular complexity index is 1600. The van der Waals surface area contributed by atoms with E-state index < -0.39 is 23.3 Å². The van der Waals surface area contributed by atoms with E-state index in [1.165, 1.54) is 29.8 Å². The van der Waals surface area contributed by atoms with Crippen molar-refractivity contribution in [1.29, 1.82) is 0 Å². The van der Waals surface area contributed by atoms with Gasteiger partial charge in [0.15, 0.2) is 17.1 Å². The fraction of sp³-hybridized carbons (Fsp3) is 0.0870. The lowest BCUT2D eigenvalue weighted by atomic mass is 10.2. The first-order chi connectivity index (χ1) is 17.0. The van der Waals surface area contributed by atoms with Crippen molar-refractivity contribution in [3.63, 3.8) is 0 Å². The second kappa shape index (κ2) is 8.99. The quantitative estimate of drug-likeness (QED) is 0.347. The monoisotopic (exact) mass is 494 g/mol. The van der Waals surface area contributed by atoms with Crippen LogP contribution < -0.4 is 10.9 Å². The average molecular weight is 494 g/mol. The minimum absolute atomic E-state index is 0.0421. The van der Waals surface area contributed by atoms with Crippen molar-refractivity contribution in [2.24, 2.45) is 0 Å². The number of carbonyl (C=O) groups is 2. The molecule has 0 saturated heterocycles. The highest BCUT2D eigenvalue weighted by atomic mass is 32.1. The number of anilines is 1. The summed E-state index contributed by atoms with van der Waals surface area (Å²) in [4.78, 5) is 38.8. The Morgan fingerprint density at radius 2 is 2.00 bits per heavy atom. The number of fused-ring (bicyclic) bond motifs is 1. The number of hydrogen-bond acceptors (Lipinski definition) is 9. The molecule has 0 aliphatic rings. The molecule has 10 nitrogen and oxygen atoms in total. The number of benzene rings is 1. The molecule has 0 radical (unpaired) electrons. The first kappa shape index (κ1) is 22.2. The van der Waals surface area contributed by atoms with Gasteiger partial charge < -0.3 is 19.0 Å². The van der Waals surface area contributed by atoms with E-state index in [9.17, 15) is 18.8 Å². The van der Waals surface area contributed by atoms with Crippen molar-refractivity contribution in [1.82, 2.24) is 14.9 Å². The van der Waals surface area contributed by atoms with Crippen LogP contribution >= 0.6 is 11.3 Å². The highest BCUT2D eigenvalue weighted by Crippen LogP contribution is 2.31. The number of furan rings is 1. The van der Waals surface area contributed by atoms with Crippen molar-refractivity contribution in [3.05, 3.63) is 81.7 Å². The maximum atomic E-state index is 13.4. The van der Waals surface area contributed by atoms with Gasteiger partial charge >= 0.3 is 5.97 Å². The van der Waals surface area contributed by atoms with Gasteiger partial charge in [-0.15, -0.1) is 11.3 Å². The molecule has 1 amide bonds. The zero-order chi connectivity index (χ0) is 24.5. The number of nitrogens with zero attached hydrogens (tertiary/aromatic N) is 3. The molecule has 1 N–H and O–H groups in total. The van der Waals surface area contributed by atoms with Gasteiger partial charge in [0.1, 0.15) is 10.8 Å². The van der Waals surface area contributed by atoms with Crippen LogP contribution in [0.3, 0.4) is 0 Å². The van der Waals surface area contributed by atoms with Gasteiger partial charge in [0, 0.05) is 16.8 Å². The number of ether oxygens (including phenoxy) is 1. The van der Waals surface area contributed by atoms with E-state index in [0.717, 1.165) is 28.2 Å². The summed E-state index contributed by atoms with van der Waals surface area (Å²) in [5.41, 5.74) is -0.555. The summed E-state index contributed by atoms with van der Waals surface area (Å²) in [6.45, 7) is 1.73. The van der Waals surface area contributed by atoms with Gasteiger partial charge in [-0.3, -0.25) is 9.59 Å². The van der Waals surface area contributed by atoms with E-state index in [2.05, 4.69) is 15.6 Å². The Morgan fingerprint density at radius 1 is 1.20 bits per heavy atom. The highest BCUT2D eigenvalue weighted by molar-refractivity contribution is 7.16. The SMILES string of the molecule is CCOC(=O)c1nn(-c2ccc(F)cc2)c(=O)c2c(NC(=O)c3cc(-c4ccco4)on3)scc12. The molecule has 5 rings (SSSR count). The predicted octanol–water partition coefficient (Wildman–Crippen LogP) is 4.26. The predicted molar refractivity (Wildman–Crippen MR) is 123 cm³/mol. The standard InChI is InChI=1S/C23H15FN4O6S/c1-2-32-23(31)19-14-11-35-21(18(14)22(30)28(26-19)13-7-5-12(24)6-8-13)25-20(29)15-10-17(34-27-15)16-4-3-9-33-16/h3-11H,2H2,1H3,(H,25,29). The third kappa shape index (κ3) is 4.10. The summed E-state index contributed by atoms with van der Waals surface area (Å²) >= 11 is 1.03. The fourth-order valence-electron chi connectivity index (χ4n) is 3.33. The summed E-state index contributed by atoms with van der Waals surface area (Å²) in [7, 11) is 0. The molecule has 0 saturated carbocycles. The van der Waals surface area contributed by atoms with Gasteiger partial charge in [-0.2, -0.15) is 9.78 Å². The Hall–Kier alpha value is -4.58. The molecule has 0 spiro atoms. The molecule has 0 bridgehead atoms. The van der Waals surface area contributed by atoms with Crippen LogP contribution in [0.1, 0.15) is 27.9 Å². The molecule has 0 fully saturated rings. The van der Waals surface area contributed by atoms with E-state index in [-0.39, 0.29) is 45.2 Å². The number of amides is 1. The van der Waals surface area contributed by atoms with Gasteiger partial charge in [-0.25, -0.2) is 9.18 Å². The van der Waals surface area contributed by atoms with Crippen molar-refractivity contribution in [2.75, 3.05) is 11.9 Å². The molecule has 0 unspecified atom stereocenters. The highest BCUT2D eigenvalue weighted by Gasteiger charge is 2.24. The molecule has 176 valence electrons. The Balaban J connectivity index is 1.58. The second-order valence-electron chi connectivity index (χ2n) is 7.12. The fourth-order valence-corrected chi connectivity index (χ4v) is 4.27. The van der Waals surface area contributed by atoms with Crippen LogP contribution in [0.5, 0.6) is 0 Å². The zero-order valence-corrected chi connectivity index (χ0v) is 18.8. The van der Waals surface area contributed by atoms with Crippen LogP contribution in [0.4, 0.5) is 9.39 Å². The first-order valence-electron chi connectivity index (χ1n) is 10.3. The van der Waals surface area contributed by atoms with Crippen LogP contribution in [0.2, 0.25) is 0 Å². The van der Waals surface area contributed by atoms with Crippen LogP contribution in [0.25, 0.3) is 28.0 Å². The van der Waals surface area contributed by atoms with Crippen molar-refractivity contribution in [2.45, 2.75) is 6.92 Å². The third-order valence-electron chi connectivity index (χ3n) is 4.93. The number of halogens is 1. The van der Waals surface area contributed by atoms with E-state index in [1.807, 2.05) is 0 Å². The molecule has 5 aromatic rings. The van der Waals surface area contributed by atoms with Crippen LogP contribution in [-0.4, -0.2) is 33.4 Å². The molecule has 35 heavy (non-hydrogen) atoms. The van der Waals surface area contributed by atoms with Gasteiger partial charge in [-0.05, 0) is 43.3 Å².